The Kier molecular flexibility index (Phi) is 5.56. The highest BCUT2D eigenvalue weighted by molar-refractivity contribution is 7.89. The summed E-state index contributed by atoms with van der Waals surface area (Å²) in [4.78, 5) is 21.5. The average molecular weight is 266 g/mol. The number of hydrogen-bond donors (Lipinski definition) is 3. The molecule has 0 heterocycles. The molecule has 0 aromatic heterocycles. The average Bonchev–Trinajstić information content (AvgIpc) is 2.09. The van der Waals surface area contributed by atoms with Crippen LogP contribution in [-0.4, -0.2) is 43.2 Å². The van der Waals surface area contributed by atoms with Gasteiger partial charge in [-0.3, -0.25) is 9.59 Å². The molecule has 17 heavy (non-hydrogen) atoms. The van der Waals surface area contributed by atoms with Crippen LogP contribution in [0.1, 0.15) is 27.2 Å². The Bertz CT molecular complexity index is 383. The second kappa shape index (κ2) is 5.97. The van der Waals surface area contributed by atoms with E-state index >= 15 is 0 Å². The number of aliphatic carboxylic acids is 1. The molecule has 0 unspecified atom stereocenters. The van der Waals surface area contributed by atoms with Gasteiger partial charge >= 0.3 is 5.97 Å². The number of rotatable bonds is 6. The topological polar surface area (TPSA) is 113 Å². The highest BCUT2D eigenvalue weighted by Gasteiger charge is 2.17. The van der Waals surface area contributed by atoms with Gasteiger partial charge in [0.2, 0.25) is 15.9 Å². The largest absolute Gasteiger partial charge is 0.481 e. The number of carbonyl (C=O) groups is 2. The number of carbonyl (C=O) groups excluding carboxylic acids is 1. The fourth-order valence-electron chi connectivity index (χ4n) is 0.932. The van der Waals surface area contributed by atoms with E-state index in [1.54, 1.807) is 20.8 Å². The highest BCUT2D eigenvalue weighted by Crippen LogP contribution is 1.97. The molecular formula is C9H18N2O5S. The molecule has 0 saturated heterocycles. The zero-order valence-corrected chi connectivity index (χ0v) is 10.9. The molecule has 0 radical (unpaired) electrons. The van der Waals surface area contributed by atoms with Crippen molar-refractivity contribution in [1.82, 2.24) is 10.0 Å². The van der Waals surface area contributed by atoms with Gasteiger partial charge in [0.05, 0.1) is 18.7 Å². The Morgan fingerprint density at radius 3 is 2.18 bits per heavy atom. The Balaban J connectivity index is 4.10. The lowest BCUT2D eigenvalue weighted by Crippen LogP contribution is -2.46. The number of carboxylic acids is 1. The van der Waals surface area contributed by atoms with Crippen molar-refractivity contribution < 1.29 is 23.1 Å². The molecule has 0 fully saturated rings. The lowest BCUT2D eigenvalue weighted by atomic mass is 10.1. The molecule has 7 nitrogen and oxygen atoms in total. The van der Waals surface area contributed by atoms with Gasteiger partial charge in [0, 0.05) is 5.54 Å². The van der Waals surface area contributed by atoms with Gasteiger partial charge in [0.25, 0.3) is 0 Å². The summed E-state index contributed by atoms with van der Waals surface area (Å²) >= 11 is 0. The summed E-state index contributed by atoms with van der Waals surface area (Å²) in [6.45, 7) is 4.91. The normalized spacial score (nSPS) is 12.2. The van der Waals surface area contributed by atoms with Crippen LogP contribution < -0.4 is 10.0 Å². The van der Waals surface area contributed by atoms with Crippen molar-refractivity contribution in [2.45, 2.75) is 32.7 Å². The van der Waals surface area contributed by atoms with Crippen molar-refractivity contribution in [3.8, 4) is 0 Å². The Morgan fingerprint density at radius 1 is 1.24 bits per heavy atom. The summed E-state index contributed by atoms with van der Waals surface area (Å²) in [5.74, 6) is -2.20. The molecule has 100 valence electrons. The van der Waals surface area contributed by atoms with Crippen LogP contribution in [-0.2, 0) is 19.6 Å². The van der Waals surface area contributed by atoms with Gasteiger partial charge in [-0.2, -0.15) is 0 Å². The third-order valence-electron chi connectivity index (χ3n) is 1.55. The van der Waals surface area contributed by atoms with Gasteiger partial charge < -0.3 is 10.4 Å². The minimum absolute atomic E-state index is 0.390. The zero-order valence-electron chi connectivity index (χ0n) is 10.1. The molecule has 0 aliphatic carbocycles. The van der Waals surface area contributed by atoms with Crippen molar-refractivity contribution in [3.63, 3.8) is 0 Å². The number of amides is 1. The van der Waals surface area contributed by atoms with E-state index in [4.69, 9.17) is 5.11 Å². The van der Waals surface area contributed by atoms with Crippen LogP contribution in [0.4, 0.5) is 0 Å². The first-order valence-electron chi connectivity index (χ1n) is 5.02. The number of hydrogen-bond acceptors (Lipinski definition) is 4. The second-order valence-electron chi connectivity index (χ2n) is 4.58. The van der Waals surface area contributed by atoms with Crippen LogP contribution in [0.25, 0.3) is 0 Å². The third kappa shape index (κ3) is 9.76. The van der Waals surface area contributed by atoms with Gasteiger partial charge in [-0.15, -0.1) is 0 Å². The van der Waals surface area contributed by atoms with Crippen molar-refractivity contribution in [2.75, 3.05) is 12.3 Å². The Hall–Kier alpha value is -1.15. The molecule has 0 atom stereocenters. The van der Waals surface area contributed by atoms with Crippen molar-refractivity contribution >= 4 is 21.9 Å². The molecular weight excluding hydrogens is 248 g/mol. The van der Waals surface area contributed by atoms with Crippen molar-refractivity contribution in [3.05, 3.63) is 0 Å². The van der Waals surface area contributed by atoms with E-state index in [1.807, 2.05) is 4.72 Å². The van der Waals surface area contributed by atoms with Gasteiger partial charge in [-0.05, 0) is 20.8 Å². The van der Waals surface area contributed by atoms with Crippen molar-refractivity contribution in [1.29, 1.82) is 0 Å². The quantitative estimate of drug-likeness (QED) is 0.588. The molecule has 0 spiro atoms. The minimum atomic E-state index is -3.72. The highest BCUT2D eigenvalue weighted by atomic mass is 32.2. The number of sulfonamides is 1. The molecule has 1 amide bonds. The van der Waals surface area contributed by atoms with Crippen molar-refractivity contribution in [2.24, 2.45) is 0 Å². The van der Waals surface area contributed by atoms with Gasteiger partial charge in [-0.1, -0.05) is 0 Å². The Labute approximate surface area is 101 Å². The molecule has 0 aliphatic heterocycles. The smallest absolute Gasteiger partial charge is 0.304 e. The first-order chi connectivity index (χ1) is 7.52. The fraction of sp³-hybridized carbons (Fsp3) is 0.778. The van der Waals surface area contributed by atoms with E-state index in [2.05, 4.69) is 5.32 Å². The maximum absolute atomic E-state index is 11.3. The predicted molar refractivity (Wildman–Crippen MR) is 61.9 cm³/mol. The molecule has 0 rings (SSSR count). The molecule has 0 aliphatic rings. The predicted octanol–water partition coefficient (Wildman–Crippen LogP) is -0.705. The molecule has 0 bridgehead atoms. The summed E-state index contributed by atoms with van der Waals surface area (Å²) in [5.41, 5.74) is -0.441. The van der Waals surface area contributed by atoms with Crippen LogP contribution in [0.5, 0.6) is 0 Å². The molecule has 0 aromatic rings. The first kappa shape index (κ1) is 15.9. The summed E-state index contributed by atoms with van der Waals surface area (Å²) in [6.07, 6.45) is -0.490. The number of carboxylic acid groups (broad SMARTS) is 1. The number of nitrogens with one attached hydrogen (secondary N) is 2. The van der Waals surface area contributed by atoms with Gasteiger partial charge in [0.15, 0.2) is 0 Å². The second-order valence-corrected chi connectivity index (χ2v) is 6.51. The summed E-state index contributed by atoms with van der Waals surface area (Å²) < 4.78 is 24.5. The SMILES string of the molecule is CC(C)(C)NC(=O)CNS(=O)(=O)CCC(=O)O. The summed E-state index contributed by atoms with van der Waals surface area (Å²) in [7, 11) is -3.72. The van der Waals surface area contributed by atoms with Gasteiger partial charge in [-0.25, -0.2) is 13.1 Å². The monoisotopic (exact) mass is 266 g/mol. The van der Waals surface area contributed by atoms with E-state index < -0.39 is 39.6 Å². The summed E-state index contributed by atoms with van der Waals surface area (Å²) in [6, 6.07) is 0. The van der Waals surface area contributed by atoms with E-state index in [-0.39, 0.29) is 6.54 Å². The fourth-order valence-corrected chi connectivity index (χ4v) is 1.87. The molecule has 0 saturated carbocycles. The molecule has 3 N–H and O–H groups in total. The lowest BCUT2D eigenvalue weighted by molar-refractivity contribution is -0.136. The van der Waals surface area contributed by atoms with E-state index in [9.17, 15) is 18.0 Å². The first-order valence-corrected chi connectivity index (χ1v) is 6.67. The maximum Gasteiger partial charge on any atom is 0.304 e. The molecule has 0 aromatic carbocycles. The van der Waals surface area contributed by atoms with Crippen LogP contribution in [0.2, 0.25) is 0 Å². The third-order valence-corrected chi connectivity index (χ3v) is 2.88. The summed E-state index contributed by atoms with van der Waals surface area (Å²) in [5, 5.41) is 10.9. The standard InChI is InChI=1S/C9H18N2O5S/c1-9(2,3)11-7(12)6-10-17(15,16)5-4-8(13)14/h10H,4-6H2,1-3H3,(H,11,12)(H,13,14). The van der Waals surface area contributed by atoms with Crippen LogP contribution in [0, 0.1) is 0 Å². The van der Waals surface area contributed by atoms with Crippen LogP contribution >= 0.6 is 0 Å². The lowest BCUT2D eigenvalue weighted by Gasteiger charge is -2.20. The minimum Gasteiger partial charge on any atom is -0.481 e. The van der Waals surface area contributed by atoms with Crippen LogP contribution in [0.15, 0.2) is 0 Å². The van der Waals surface area contributed by atoms with E-state index in [1.165, 1.54) is 0 Å². The Morgan fingerprint density at radius 2 is 1.76 bits per heavy atom. The van der Waals surface area contributed by atoms with Gasteiger partial charge in [0.1, 0.15) is 0 Å². The van der Waals surface area contributed by atoms with E-state index in [0.29, 0.717) is 0 Å². The zero-order chi connectivity index (χ0) is 13.7. The van der Waals surface area contributed by atoms with E-state index in [0.717, 1.165) is 0 Å². The molecule has 8 heteroatoms. The maximum atomic E-state index is 11.3. The van der Waals surface area contributed by atoms with Crippen LogP contribution in [0.3, 0.4) is 0 Å².